The number of amides is 1. The van der Waals surface area contributed by atoms with Crippen LogP contribution in [0.4, 0.5) is 10.8 Å². The number of nitrogens with one attached hydrogen (secondary N) is 1. The SMILES string of the molecule is O=C(CSc1ncc(-c2cccc([N+](=O)[O-])c2)n1-c1cccc(Cl)c1)Nc1nccs1. The maximum atomic E-state index is 12.3. The Labute approximate surface area is 190 Å². The third-order valence-electron chi connectivity index (χ3n) is 4.16. The van der Waals surface area contributed by atoms with E-state index in [2.05, 4.69) is 15.3 Å². The van der Waals surface area contributed by atoms with Crippen molar-refractivity contribution in [1.82, 2.24) is 14.5 Å². The molecular formula is C20H14ClN5O3S2. The molecule has 156 valence electrons. The lowest BCUT2D eigenvalue weighted by molar-refractivity contribution is -0.384. The number of carbonyl (C=O) groups is 1. The number of imidazole rings is 1. The zero-order valence-electron chi connectivity index (χ0n) is 15.8. The minimum Gasteiger partial charge on any atom is -0.301 e. The molecule has 0 fully saturated rings. The molecule has 0 aliphatic heterocycles. The Hall–Kier alpha value is -3.21. The zero-order valence-corrected chi connectivity index (χ0v) is 18.2. The Morgan fingerprint density at radius 1 is 1.23 bits per heavy atom. The van der Waals surface area contributed by atoms with Crippen molar-refractivity contribution in [2.45, 2.75) is 5.16 Å². The van der Waals surface area contributed by atoms with Crippen LogP contribution in [-0.4, -0.2) is 31.1 Å². The minimum atomic E-state index is -0.442. The van der Waals surface area contributed by atoms with Crippen molar-refractivity contribution < 1.29 is 9.72 Å². The highest BCUT2D eigenvalue weighted by molar-refractivity contribution is 7.99. The molecule has 0 saturated carbocycles. The Bertz CT molecular complexity index is 1240. The number of halogens is 1. The van der Waals surface area contributed by atoms with Crippen molar-refractivity contribution in [3.63, 3.8) is 0 Å². The van der Waals surface area contributed by atoms with Gasteiger partial charge in [-0.1, -0.05) is 41.6 Å². The van der Waals surface area contributed by atoms with Gasteiger partial charge in [-0.15, -0.1) is 11.3 Å². The Balaban J connectivity index is 1.68. The first-order valence-corrected chi connectivity index (χ1v) is 11.2. The topological polar surface area (TPSA) is 103 Å². The number of hydrogen-bond acceptors (Lipinski definition) is 7. The number of anilines is 1. The summed E-state index contributed by atoms with van der Waals surface area (Å²) >= 11 is 8.77. The average Bonchev–Trinajstić information content (AvgIpc) is 3.42. The van der Waals surface area contributed by atoms with Crippen molar-refractivity contribution in [3.8, 4) is 16.9 Å². The molecule has 2 aromatic carbocycles. The first-order valence-electron chi connectivity index (χ1n) is 8.92. The van der Waals surface area contributed by atoms with E-state index >= 15 is 0 Å². The van der Waals surface area contributed by atoms with Crippen LogP contribution in [0, 0.1) is 10.1 Å². The van der Waals surface area contributed by atoms with Gasteiger partial charge in [-0.3, -0.25) is 19.5 Å². The number of benzene rings is 2. The lowest BCUT2D eigenvalue weighted by Crippen LogP contribution is -2.14. The van der Waals surface area contributed by atoms with E-state index in [4.69, 9.17) is 11.6 Å². The molecule has 0 bridgehead atoms. The van der Waals surface area contributed by atoms with Gasteiger partial charge < -0.3 is 5.32 Å². The van der Waals surface area contributed by atoms with Crippen LogP contribution in [0.5, 0.6) is 0 Å². The van der Waals surface area contributed by atoms with E-state index in [0.29, 0.717) is 26.6 Å². The van der Waals surface area contributed by atoms with Crippen LogP contribution in [0.1, 0.15) is 0 Å². The molecule has 1 amide bonds. The number of nitro benzene ring substituents is 1. The molecule has 31 heavy (non-hydrogen) atoms. The Morgan fingerprint density at radius 2 is 2.06 bits per heavy atom. The summed E-state index contributed by atoms with van der Waals surface area (Å²) in [6.45, 7) is 0. The van der Waals surface area contributed by atoms with Gasteiger partial charge in [0, 0.05) is 40.0 Å². The third kappa shape index (κ3) is 4.93. The molecule has 0 unspecified atom stereocenters. The summed E-state index contributed by atoms with van der Waals surface area (Å²) in [6, 6.07) is 13.5. The summed E-state index contributed by atoms with van der Waals surface area (Å²) in [7, 11) is 0. The second kappa shape index (κ2) is 9.29. The summed E-state index contributed by atoms with van der Waals surface area (Å²) in [4.78, 5) is 31.6. The number of rotatable bonds is 7. The molecule has 4 rings (SSSR count). The van der Waals surface area contributed by atoms with Crippen LogP contribution in [0.2, 0.25) is 5.02 Å². The molecule has 0 aliphatic rings. The predicted octanol–water partition coefficient (Wildman–Crippen LogP) is 5.29. The van der Waals surface area contributed by atoms with Crippen LogP contribution in [0.3, 0.4) is 0 Å². The maximum Gasteiger partial charge on any atom is 0.270 e. The van der Waals surface area contributed by atoms with Crippen LogP contribution in [0.15, 0.2) is 71.5 Å². The van der Waals surface area contributed by atoms with E-state index in [-0.39, 0.29) is 17.3 Å². The van der Waals surface area contributed by atoms with E-state index in [0.717, 1.165) is 5.69 Å². The van der Waals surface area contributed by atoms with Gasteiger partial charge in [-0.2, -0.15) is 0 Å². The van der Waals surface area contributed by atoms with Gasteiger partial charge >= 0.3 is 0 Å². The maximum absolute atomic E-state index is 12.3. The average molecular weight is 472 g/mol. The van der Waals surface area contributed by atoms with Gasteiger partial charge in [0.05, 0.1) is 22.6 Å². The fourth-order valence-electron chi connectivity index (χ4n) is 2.85. The number of thiazole rings is 1. The van der Waals surface area contributed by atoms with Crippen molar-refractivity contribution in [1.29, 1.82) is 0 Å². The molecular weight excluding hydrogens is 458 g/mol. The molecule has 2 heterocycles. The van der Waals surface area contributed by atoms with E-state index in [1.54, 1.807) is 48.1 Å². The van der Waals surface area contributed by atoms with Crippen molar-refractivity contribution >= 4 is 51.4 Å². The number of hydrogen-bond donors (Lipinski definition) is 1. The lowest BCUT2D eigenvalue weighted by Gasteiger charge is -2.12. The lowest BCUT2D eigenvalue weighted by atomic mass is 10.1. The van der Waals surface area contributed by atoms with Crippen molar-refractivity contribution in [2.24, 2.45) is 0 Å². The van der Waals surface area contributed by atoms with E-state index < -0.39 is 4.92 Å². The summed E-state index contributed by atoms with van der Waals surface area (Å²) in [5.74, 6) is -0.0941. The summed E-state index contributed by atoms with van der Waals surface area (Å²) < 4.78 is 1.83. The predicted molar refractivity (Wildman–Crippen MR) is 122 cm³/mol. The second-order valence-electron chi connectivity index (χ2n) is 6.22. The van der Waals surface area contributed by atoms with Crippen molar-refractivity contribution in [3.05, 3.63) is 81.4 Å². The van der Waals surface area contributed by atoms with Crippen LogP contribution < -0.4 is 5.32 Å². The molecule has 11 heteroatoms. The highest BCUT2D eigenvalue weighted by Gasteiger charge is 2.18. The third-order valence-corrected chi connectivity index (χ3v) is 6.04. The van der Waals surface area contributed by atoms with Gasteiger partial charge in [-0.05, 0) is 18.2 Å². The fraction of sp³-hybridized carbons (Fsp3) is 0.0500. The summed E-state index contributed by atoms with van der Waals surface area (Å²) in [6.07, 6.45) is 3.24. The Kier molecular flexibility index (Phi) is 6.31. The van der Waals surface area contributed by atoms with Crippen LogP contribution in [-0.2, 0) is 4.79 Å². The van der Waals surface area contributed by atoms with Crippen molar-refractivity contribution in [2.75, 3.05) is 11.1 Å². The number of nitrogens with zero attached hydrogens (tertiary/aromatic N) is 4. The summed E-state index contributed by atoms with van der Waals surface area (Å²) in [5, 5.41) is 17.3. The zero-order chi connectivity index (χ0) is 21.8. The van der Waals surface area contributed by atoms with Gasteiger partial charge in [0.15, 0.2) is 10.3 Å². The molecule has 0 saturated heterocycles. The quantitative estimate of drug-likeness (QED) is 0.223. The van der Waals surface area contributed by atoms with Gasteiger partial charge in [0.2, 0.25) is 5.91 Å². The molecule has 0 aliphatic carbocycles. The van der Waals surface area contributed by atoms with E-state index in [1.807, 2.05) is 10.6 Å². The molecule has 4 aromatic rings. The molecule has 0 radical (unpaired) electrons. The number of aromatic nitrogens is 3. The second-order valence-corrected chi connectivity index (χ2v) is 8.50. The molecule has 2 aromatic heterocycles. The highest BCUT2D eigenvalue weighted by atomic mass is 35.5. The smallest absolute Gasteiger partial charge is 0.270 e. The monoisotopic (exact) mass is 471 g/mol. The highest BCUT2D eigenvalue weighted by Crippen LogP contribution is 2.32. The number of nitro groups is 1. The van der Waals surface area contributed by atoms with E-state index in [9.17, 15) is 14.9 Å². The first kappa shape index (κ1) is 21.0. The molecule has 1 N–H and O–H groups in total. The van der Waals surface area contributed by atoms with Gasteiger partial charge in [0.1, 0.15) is 0 Å². The standard InChI is InChI=1S/C20H14ClN5O3S2/c21-14-4-2-5-15(10-14)25-17(13-3-1-6-16(9-13)26(28)29)11-23-20(25)31-12-18(27)24-19-22-7-8-30-19/h1-11H,12H2,(H,22,24,27). The van der Waals surface area contributed by atoms with Gasteiger partial charge in [-0.25, -0.2) is 9.97 Å². The summed E-state index contributed by atoms with van der Waals surface area (Å²) in [5.41, 5.74) is 1.98. The Morgan fingerprint density at radius 3 is 2.81 bits per heavy atom. The largest absolute Gasteiger partial charge is 0.301 e. The van der Waals surface area contributed by atoms with Crippen LogP contribution >= 0.6 is 34.7 Å². The molecule has 0 spiro atoms. The van der Waals surface area contributed by atoms with Gasteiger partial charge in [0.25, 0.3) is 5.69 Å². The minimum absolute atomic E-state index is 0.0200. The van der Waals surface area contributed by atoms with E-state index in [1.165, 1.54) is 35.2 Å². The first-order chi connectivity index (χ1) is 15.0. The number of thioether (sulfide) groups is 1. The molecule has 0 atom stereocenters. The number of carbonyl (C=O) groups excluding carboxylic acids is 1. The fourth-order valence-corrected chi connectivity index (χ4v) is 4.38. The molecule has 8 nitrogen and oxygen atoms in total. The normalized spacial score (nSPS) is 10.7. The number of non-ortho nitro benzene ring substituents is 1. The van der Waals surface area contributed by atoms with Crippen LogP contribution in [0.25, 0.3) is 16.9 Å².